The summed E-state index contributed by atoms with van der Waals surface area (Å²) in [6, 6.07) is 14.9. The van der Waals surface area contributed by atoms with Gasteiger partial charge in [0.1, 0.15) is 16.9 Å². The first kappa shape index (κ1) is 16.8. The van der Waals surface area contributed by atoms with Crippen LogP contribution < -0.4 is 11.0 Å². The number of benzene rings is 1. The van der Waals surface area contributed by atoms with Crippen LogP contribution in [-0.4, -0.2) is 20.6 Å². The third-order valence-corrected chi connectivity index (χ3v) is 6.12. The molecule has 0 unspecified atom stereocenters. The monoisotopic (exact) mass is 404 g/mol. The maximum atomic E-state index is 13.0. The van der Waals surface area contributed by atoms with E-state index >= 15 is 0 Å². The molecule has 0 spiro atoms. The lowest BCUT2D eigenvalue weighted by Gasteiger charge is -2.08. The van der Waals surface area contributed by atoms with Crippen LogP contribution in [-0.2, 0) is 0 Å². The van der Waals surface area contributed by atoms with Crippen LogP contribution in [0, 0.1) is 0 Å². The van der Waals surface area contributed by atoms with Crippen LogP contribution in [0.5, 0.6) is 0 Å². The Morgan fingerprint density at radius 2 is 1.93 bits per heavy atom. The second-order valence-corrected chi connectivity index (χ2v) is 7.86. The van der Waals surface area contributed by atoms with Crippen molar-refractivity contribution in [3.8, 4) is 10.4 Å². The summed E-state index contributed by atoms with van der Waals surface area (Å²) in [6.45, 7) is 0. The highest BCUT2D eigenvalue weighted by molar-refractivity contribution is 7.18. The molecule has 0 radical (unpaired) electrons. The molecule has 28 heavy (non-hydrogen) atoms. The van der Waals surface area contributed by atoms with Gasteiger partial charge in [-0.3, -0.25) is 15.0 Å². The highest BCUT2D eigenvalue weighted by Crippen LogP contribution is 2.33. The van der Waals surface area contributed by atoms with Crippen LogP contribution in [0.1, 0.15) is 10.5 Å². The minimum atomic E-state index is -0.470. The fourth-order valence-electron chi connectivity index (χ4n) is 2.98. The molecule has 5 rings (SSSR count). The maximum Gasteiger partial charge on any atom is 0.288 e. The fraction of sp³-hybridized carbons (Fsp3) is 0. The summed E-state index contributed by atoms with van der Waals surface area (Å²) < 4.78 is 1.12. The molecule has 0 saturated carbocycles. The average molecular weight is 404 g/mol. The van der Waals surface area contributed by atoms with Gasteiger partial charge in [-0.15, -0.1) is 22.7 Å². The minimum Gasteiger partial charge on any atom is -0.267 e. The molecule has 4 aromatic heterocycles. The first-order chi connectivity index (χ1) is 13.7. The smallest absolute Gasteiger partial charge is 0.267 e. The number of hydrogen-bond acceptors (Lipinski definition) is 6. The molecule has 1 aromatic carbocycles. The number of rotatable bonds is 3. The van der Waals surface area contributed by atoms with Crippen molar-refractivity contribution in [2.75, 3.05) is 5.43 Å². The van der Waals surface area contributed by atoms with E-state index in [-0.39, 0.29) is 11.3 Å². The van der Waals surface area contributed by atoms with Gasteiger partial charge in [0, 0.05) is 21.2 Å². The largest absolute Gasteiger partial charge is 0.288 e. The number of amides is 1. The molecule has 0 aliphatic rings. The van der Waals surface area contributed by atoms with Gasteiger partial charge in [0.05, 0.1) is 10.9 Å². The van der Waals surface area contributed by atoms with Crippen LogP contribution in [0.4, 0.5) is 0 Å². The van der Waals surface area contributed by atoms with Crippen LogP contribution >= 0.6 is 22.7 Å². The van der Waals surface area contributed by atoms with Crippen molar-refractivity contribution in [1.82, 2.24) is 14.6 Å². The summed E-state index contributed by atoms with van der Waals surface area (Å²) in [4.78, 5) is 35.9. The molecule has 0 saturated heterocycles. The first-order valence-electron chi connectivity index (χ1n) is 8.40. The minimum absolute atomic E-state index is 0.231. The van der Waals surface area contributed by atoms with E-state index in [1.54, 1.807) is 17.4 Å². The summed E-state index contributed by atoms with van der Waals surface area (Å²) in [7, 11) is 0. The van der Waals surface area contributed by atoms with Gasteiger partial charge in [-0.2, -0.15) is 0 Å². The van der Waals surface area contributed by atoms with E-state index in [1.807, 2.05) is 53.2 Å². The van der Waals surface area contributed by atoms with E-state index in [9.17, 15) is 9.59 Å². The van der Waals surface area contributed by atoms with Gasteiger partial charge in [0.15, 0.2) is 0 Å². The van der Waals surface area contributed by atoms with E-state index in [2.05, 4.69) is 15.4 Å². The zero-order valence-corrected chi connectivity index (χ0v) is 16.0. The topological polar surface area (TPSA) is 76.9 Å². The Kier molecular flexibility index (Phi) is 4.00. The second-order valence-electron chi connectivity index (χ2n) is 6.06. The molecule has 0 bridgehead atoms. The van der Waals surface area contributed by atoms with Gasteiger partial charge >= 0.3 is 0 Å². The Hall–Kier alpha value is -3.36. The number of para-hydroxylation sites is 1. The van der Waals surface area contributed by atoms with Crippen molar-refractivity contribution in [3.05, 3.63) is 81.7 Å². The van der Waals surface area contributed by atoms with Crippen LogP contribution in [0.15, 0.2) is 70.4 Å². The number of pyridine rings is 1. The number of carbonyl (C=O) groups is 1. The van der Waals surface area contributed by atoms with Crippen molar-refractivity contribution in [3.63, 3.8) is 0 Å². The summed E-state index contributed by atoms with van der Waals surface area (Å²) in [5.41, 5.74) is 4.06. The molecule has 1 amide bonds. The molecule has 136 valence electrons. The van der Waals surface area contributed by atoms with Crippen molar-refractivity contribution in [2.24, 2.45) is 0 Å². The zero-order valence-electron chi connectivity index (χ0n) is 14.3. The Morgan fingerprint density at radius 3 is 2.79 bits per heavy atom. The van der Waals surface area contributed by atoms with E-state index in [0.29, 0.717) is 15.7 Å². The standard InChI is InChI=1S/C20H12N4O2S2/c25-18(15-8-7-12-4-1-2-5-14(12)22-15)23-24-11-21-19-17(20(24)26)13(10-28-19)16-6-3-9-27-16/h1-11H,(H,23,25). The van der Waals surface area contributed by atoms with Crippen LogP contribution in [0.2, 0.25) is 0 Å². The number of nitrogens with one attached hydrogen (secondary N) is 1. The number of thiophene rings is 2. The Labute approximate surface area is 166 Å². The van der Waals surface area contributed by atoms with Gasteiger partial charge < -0.3 is 0 Å². The lowest BCUT2D eigenvalue weighted by atomic mass is 10.2. The number of hydrogen-bond donors (Lipinski definition) is 1. The molecule has 0 fully saturated rings. The average Bonchev–Trinajstić information content (AvgIpc) is 3.39. The number of nitrogens with zero attached hydrogens (tertiary/aromatic N) is 3. The lowest BCUT2D eigenvalue weighted by molar-refractivity contribution is 0.100. The van der Waals surface area contributed by atoms with Crippen LogP contribution in [0.25, 0.3) is 31.6 Å². The third kappa shape index (κ3) is 2.79. The zero-order chi connectivity index (χ0) is 19.1. The summed E-state index contributed by atoms with van der Waals surface area (Å²) in [5, 5.41) is 5.32. The van der Waals surface area contributed by atoms with Gasteiger partial charge in [-0.1, -0.05) is 30.3 Å². The maximum absolute atomic E-state index is 13.0. The van der Waals surface area contributed by atoms with Gasteiger partial charge in [-0.25, -0.2) is 14.6 Å². The first-order valence-corrected chi connectivity index (χ1v) is 10.2. The fourth-order valence-corrected chi connectivity index (χ4v) is 4.71. The van der Waals surface area contributed by atoms with Crippen molar-refractivity contribution in [1.29, 1.82) is 0 Å². The van der Waals surface area contributed by atoms with Crippen molar-refractivity contribution >= 4 is 49.7 Å². The lowest BCUT2D eigenvalue weighted by Crippen LogP contribution is -2.33. The van der Waals surface area contributed by atoms with E-state index in [0.717, 1.165) is 20.5 Å². The predicted molar refractivity (Wildman–Crippen MR) is 113 cm³/mol. The Morgan fingerprint density at radius 1 is 1.04 bits per heavy atom. The number of carbonyl (C=O) groups excluding carboxylic acids is 1. The van der Waals surface area contributed by atoms with Crippen molar-refractivity contribution in [2.45, 2.75) is 0 Å². The Balaban J connectivity index is 1.54. The summed E-state index contributed by atoms with van der Waals surface area (Å²) in [5.74, 6) is -0.470. The Bertz CT molecular complexity index is 1390. The van der Waals surface area contributed by atoms with E-state index in [4.69, 9.17) is 0 Å². The van der Waals surface area contributed by atoms with E-state index in [1.165, 1.54) is 17.7 Å². The molecule has 6 nitrogen and oxygen atoms in total. The number of fused-ring (bicyclic) bond motifs is 2. The summed E-state index contributed by atoms with van der Waals surface area (Å²) in [6.07, 6.45) is 1.33. The quantitative estimate of drug-likeness (QED) is 0.491. The molecule has 0 atom stereocenters. The second kappa shape index (κ2) is 6.66. The van der Waals surface area contributed by atoms with Gasteiger partial charge in [-0.05, 0) is 23.6 Å². The molecule has 5 aromatic rings. The third-order valence-electron chi connectivity index (χ3n) is 4.33. The highest BCUT2D eigenvalue weighted by atomic mass is 32.1. The van der Waals surface area contributed by atoms with Crippen molar-refractivity contribution < 1.29 is 4.79 Å². The van der Waals surface area contributed by atoms with Gasteiger partial charge in [0.2, 0.25) is 0 Å². The molecular weight excluding hydrogens is 392 g/mol. The predicted octanol–water partition coefficient (Wildman–Crippen LogP) is 4.12. The highest BCUT2D eigenvalue weighted by Gasteiger charge is 2.16. The summed E-state index contributed by atoms with van der Waals surface area (Å²) >= 11 is 2.96. The molecular formula is C20H12N4O2S2. The molecule has 0 aliphatic heterocycles. The van der Waals surface area contributed by atoms with E-state index < -0.39 is 5.91 Å². The van der Waals surface area contributed by atoms with Crippen LogP contribution in [0.3, 0.4) is 0 Å². The number of aromatic nitrogens is 3. The normalized spacial score (nSPS) is 11.1. The molecule has 0 aliphatic carbocycles. The molecule has 4 heterocycles. The van der Waals surface area contributed by atoms with Gasteiger partial charge in [0.25, 0.3) is 11.5 Å². The SMILES string of the molecule is O=C(Nn1cnc2scc(-c3cccs3)c2c1=O)c1ccc2ccccc2n1. The molecule has 1 N–H and O–H groups in total. The molecule has 8 heteroatoms.